The summed E-state index contributed by atoms with van der Waals surface area (Å²) in [5.74, 6) is 0. The standard InChI is InChI=1S/C7H10FSi.3C3H8N.Zr/c1-9(2,8)7-5-3-4-6-7;3*1-3(2)4;/h3-6H,1-2H3;3*3-4H,1-2H3;/q4*-1;+4. The van der Waals surface area contributed by atoms with E-state index >= 15 is 0 Å². The first-order valence-corrected chi connectivity index (χ1v) is 10.2. The summed E-state index contributed by atoms with van der Waals surface area (Å²) in [4.78, 5) is 0. The van der Waals surface area contributed by atoms with Gasteiger partial charge in [-0.05, 0) is 13.1 Å². The van der Waals surface area contributed by atoms with Crippen LogP contribution in [0.15, 0.2) is 24.3 Å². The van der Waals surface area contributed by atoms with Crippen molar-refractivity contribution in [3.05, 3.63) is 41.5 Å². The van der Waals surface area contributed by atoms with Crippen LogP contribution in [0, 0.1) is 0 Å². The number of hydrogen-bond acceptors (Lipinski definition) is 0. The molecule has 6 heteroatoms. The second kappa shape index (κ2) is 17.6. The van der Waals surface area contributed by atoms with E-state index in [-0.39, 0.29) is 44.3 Å². The maximum absolute atomic E-state index is 13.1. The number of rotatable bonds is 1. The van der Waals surface area contributed by atoms with E-state index in [2.05, 4.69) is 0 Å². The third kappa shape index (κ3) is 42.7. The Morgan fingerprint density at radius 2 is 0.955 bits per heavy atom. The first kappa shape index (κ1) is 30.2. The topological polar surface area (TPSA) is 71.4 Å². The van der Waals surface area contributed by atoms with Crippen molar-refractivity contribution >= 4 is 13.6 Å². The van der Waals surface area contributed by atoms with Crippen LogP contribution in [-0.4, -0.2) is 26.5 Å². The molecule has 3 N–H and O–H groups in total. The molecule has 3 nitrogen and oxygen atoms in total. The molecule has 0 radical (unpaired) electrons. The molecule has 0 aliphatic carbocycles. The fourth-order valence-electron chi connectivity index (χ4n) is 0.770. The molecule has 1 aromatic rings. The number of nitrogens with one attached hydrogen (secondary N) is 3. The van der Waals surface area contributed by atoms with Gasteiger partial charge >= 0.3 is 26.2 Å². The van der Waals surface area contributed by atoms with E-state index in [4.69, 9.17) is 17.2 Å². The van der Waals surface area contributed by atoms with Gasteiger partial charge in [0.15, 0.2) is 0 Å². The van der Waals surface area contributed by atoms with Crippen molar-refractivity contribution in [2.75, 3.05) is 0 Å². The van der Waals surface area contributed by atoms with Crippen LogP contribution in [0.25, 0.3) is 17.2 Å². The Morgan fingerprint density at radius 1 is 0.773 bits per heavy atom. The molecule has 0 atom stereocenters. The van der Waals surface area contributed by atoms with E-state index in [9.17, 15) is 4.11 Å². The Balaban J connectivity index is -0.000000107. The van der Waals surface area contributed by atoms with Gasteiger partial charge in [0.05, 0.1) is 0 Å². The average molecular weight is 407 g/mol. The summed E-state index contributed by atoms with van der Waals surface area (Å²) in [7, 11) is -2.48. The molecule has 128 valence electrons. The van der Waals surface area contributed by atoms with E-state index in [1.54, 1.807) is 13.1 Å². The molecule has 0 amide bonds. The number of hydrogen-bond donors (Lipinski definition) is 0. The van der Waals surface area contributed by atoms with Gasteiger partial charge in [-0.2, -0.15) is 12.1 Å². The quantitative estimate of drug-likeness (QED) is 0.306. The molecule has 0 fully saturated rings. The molecule has 0 bridgehead atoms. The minimum absolute atomic E-state index is 0. The first-order chi connectivity index (χ1) is 9.30. The Hall–Kier alpha value is 0.260. The van der Waals surface area contributed by atoms with Gasteiger partial charge in [0, 0.05) is 0 Å². The summed E-state index contributed by atoms with van der Waals surface area (Å²) in [6.07, 6.45) is 0. The van der Waals surface area contributed by atoms with Crippen LogP contribution in [0.1, 0.15) is 41.5 Å². The van der Waals surface area contributed by atoms with Gasteiger partial charge in [-0.25, -0.2) is 12.1 Å². The largest absolute Gasteiger partial charge is 4.00 e. The first-order valence-electron chi connectivity index (χ1n) is 7.35. The summed E-state index contributed by atoms with van der Waals surface area (Å²) in [5.41, 5.74) is 19.8. The van der Waals surface area contributed by atoms with Gasteiger partial charge < -0.3 is 21.3 Å². The van der Waals surface area contributed by atoms with Crippen molar-refractivity contribution in [3.8, 4) is 0 Å². The fourth-order valence-corrected chi connectivity index (χ4v) is 1.76. The van der Waals surface area contributed by atoms with Gasteiger partial charge in [0.2, 0.25) is 8.41 Å². The summed E-state index contributed by atoms with van der Waals surface area (Å²) in [6.45, 7) is 14.4. The molecule has 0 heterocycles. The molecule has 0 aliphatic rings. The van der Waals surface area contributed by atoms with Crippen molar-refractivity contribution in [1.82, 2.24) is 0 Å². The molecule has 1 aromatic carbocycles. The van der Waals surface area contributed by atoms with E-state index in [0.29, 0.717) is 0 Å². The van der Waals surface area contributed by atoms with Crippen LogP contribution in [-0.2, 0) is 26.2 Å². The average Bonchev–Trinajstić information content (AvgIpc) is 2.64. The predicted octanol–water partition coefficient (Wildman–Crippen LogP) is 6.13. The molecule has 0 spiro atoms. The van der Waals surface area contributed by atoms with Crippen LogP contribution in [0.2, 0.25) is 13.1 Å². The van der Waals surface area contributed by atoms with E-state index in [0.717, 1.165) is 5.19 Å². The van der Waals surface area contributed by atoms with Crippen molar-refractivity contribution in [2.45, 2.75) is 72.8 Å². The fraction of sp³-hybridized carbons (Fsp3) is 0.688. The van der Waals surface area contributed by atoms with Gasteiger partial charge in [-0.1, -0.05) is 41.5 Å². The van der Waals surface area contributed by atoms with Gasteiger partial charge in [0.1, 0.15) is 0 Å². The molecule has 1 rings (SSSR count). The molecule has 0 saturated heterocycles. The third-order valence-corrected chi connectivity index (χ3v) is 3.06. The van der Waals surface area contributed by atoms with Crippen LogP contribution in [0.5, 0.6) is 0 Å². The second-order valence-electron chi connectivity index (χ2n) is 6.11. The monoisotopic (exact) mass is 405 g/mol. The molecule has 0 aliphatic heterocycles. The maximum atomic E-state index is 13.1. The minimum atomic E-state index is -2.48. The minimum Gasteiger partial charge on any atom is -0.675 e. The van der Waals surface area contributed by atoms with Crippen LogP contribution in [0.4, 0.5) is 4.11 Å². The normalized spacial score (nSPS) is 9.77. The third-order valence-electron chi connectivity index (χ3n) is 1.35. The van der Waals surface area contributed by atoms with Crippen molar-refractivity contribution in [2.24, 2.45) is 0 Å². The molecular weight excluding hydrogens is 373 g/mol. The Morgan fingerprint density at radius 3 is 1.05 bits per heavy atom. The van der Waals surface area contributed by atoms with Crippen LogP contribution < -0.4 is 5.19 Å². The van der Waals surface area contributed by atoms with E-state index in [1.165, 1.54) is 0 Å². The summed E-state index contributed by atoms with van der Waals surface area (Å²) in [6, 6.07) is 7.71. The zero-order chi connectivity index (χ0) is 17.6. The summed E-state index contributed by atoms with van der Waals surface area (Å²) >= 11 is 0. The van der Waals surface area contributed by atoms with Crippen LogP contribution in [0.3, 0.4) is 0 Å². The predicted molar refractivity (Wildman–Crippen MR) is 98.6 cm³/mol. The summed E-state index contributed by atoms with van der Waals surface area (Å²) in [5, 5.41) is 0.891. The van der Waals surface area contributed by atoms with E-state index in [1.807, 2.05) is 65.8 Å². The van der Waals surface area contributed by atoms with Crippen molar-refractivity contribution < 1.29 is 30.3 Å². The Kier molecular flexibility index (Phi) is 24.2. The molecule has 0 aromatic heterocycles. The van der Waals surface area contributed by atoms with Gasteiger partial charge in [0.25, 0.3) is 0 Å². The molecule has 0 unspecified atom stereocenters. The smallest absolute Gasteiger partial charge is 0.675 e. The molecular formula is C16H34FN3SiZr. The SMILES string of the molecule is CC(C)[NH-].CC(C)[NH-].CC(C)[NH-].C[Si](C)(F)[c-]1cccc1.[Zr+4]. The van der Waals surface area contributed by atoms with Crippen molar-refractivity contribution in [3.63, 3.8) is 0 Å². The Bertz CT molecular complexity index is 274. The second-order valence-corrected chi connectivity index (χ2v) is 9.63. The van der Waals surface area contributed by atoms with Crippen LogP contribution >= 0.6 is 0 Å². The number of halogens is 1. The van der Waals surface area contributed by atoms with Crippen molar-refractivity contribution in [1.29, 1.82) is 0 Å². The Labute approximate surface area is 157 Å². The molecule has 22 heavy (non-hydrogen) atoms. The zero-order valence-corrected chi connectivity index (χ0v) is 18.9. The van der Waals surface area contributed by atoms with Gasteiger partial charge in [-0.3, -0.25) is 0 Å². The molecule has 0 saturated carbocycles. The van der Waals surface area contributed by atoms with E-state index < -0.39 is 8.41 Å². The zero-order valence-electron chi connectivity index (χ0n) is 15.4. The summed E-state index contributed by atoms with van der Waals surface area (Å²) < 4.78 is 13.1. The maximum Gasteiger partial charge on any atom is 4.00 e. The van der Waals surface area contributed by atoms with Gasteiger partial charge in [-0.15, -0.1) is 23.3 Å².